The van der Waals surface area contributed by atoms with Crippen molar-refractivity contribution < 1.29 is 9.90 Å². The molecule has 4 rings (SSSR count). The van der Waals surface area contributed by atoms with E-state index in [1.807, 2.05) is 0 Å². The van der Waals surface area contributed by atoms with Gasteiger partial charge in [-0.1, -0.05) is 13.8 Å². The van der Waals surface area contributed by atoms with E-state index in [0.717, 1.165) is 42.9 Å². The fourth-order valence-electron chi connectivity index (χ4n) is 7.92. The van der Waals surface area contributed by atoms with Gasteiger partial charge in [0.2, 0.25) is 0 Å². The zero-order chi connectivity index (χ0) is 17.8. The number of rotatable bonds is 3. The maximum Gasteiger partial charge on any atom is 0.176 e. The van der Waals surface area contributed by atoms with Crippen LogP contribution >= 0.6 is 0 Å². The zero-order valence-corrected chi connectivity index (χ0v) is 16.0. The summed E-state index contributed by atoms with van der Waals surface area (Å²) in [4.78, 5) is 12.1. The Morgan fingerprint density at radius 3 is 2.56 bits per heavy atom. The van der Waals surface area contributed by atoms with Gasteiger partial charge >= 0.3 is 0 Å². The van der Waals surface area contributed by atoms with Gasteiger partial charge in [0.15, 0.2) is 5.78 Å². The van der Waals surface area contributed by atoms with Crippen LogP contribution in [0.15, 0.2) is 0 Å². The summed E-state index contributed by atoms with van der Waals surface area (Å²) >= 11 is 0. The van der Waals surface area contributed by atoms with E-state index in [-0.39, 0.29) is 17.1 Å². The second-order valence-electron chi connectivity index (χ2n) is 10.0. The van der Waals surface area contributed by atoms with Gasteiger partial charge in [0.1, 0.15) is 0 Å². The molecule has 0 amide bonds. The summed E-state index contributed by atoms with van der Waals surface area (Å²) in [5.74, 6) is 3.49. The molecule has 4 saturated carbocycles. The molecular formula is C22H35NO2. The number of carbonyl (C=O) groups is 1. The number of nitrogens with one attached hydrogen (secondary N) is 1. The predicted octanol–water partition coefficient (Wildman–Crippen LogP) is 4.62. The molecular weight excluding hydrogens is 310 g/mol. The summed E-state index contributed by atoms with van der Waals surface area (Å²) in [5, 5.41) is 17.6. The largest absolute Gasteiger partial charge is 0.396 e. The van der Waals surface area contributed by atoms with Crippen molar-refractivity contribution in [2.75, 3.05) is 6.61 Å². The highest BCUT2D eigenvalue weighted by Crippen LogP contribution is 2.67. The minimum absolute atomic E-state index is 0.117. The number of aliphatic hydroxyl groups is 1. The Morgan fingerprint density at radius 2 is 1.80 bits per heavy atom. The first-order valence-electron chi connectivity index (χ1n) is 10.6. The minimum Gasteiger partial charge on any atom is -0.396 e. The minimum atomic E-state index is 0.117. The summed E-state index contributed by atoms with van der Waals surface area (Å²) in [6, 6.07) is 0. The van der Waals surface area contributed by atoms with Gasteiger partial charge in [-0.15, -0.1) is 0 Å². The van der Waals surface area contributed by atoms with Crippen molar-refractivity contribution in [3.63, 3.8) is 0 Å². The highest BCUT2D eigenvalue weighted by molar-refractivity contribution is 6.40. The fraction of sp³-hybridized carbons (Fsp3) is 0.909. The first-order chi connectivity index (χ1) is 11.9. The monoisotopic (exact) mass is 345 g/mol. The molecule has 4 aliphatic rings. The molecule has 1 unspecified atom stereocenters. The van der Waals surface area contributed by atoms with Crippen LogP contribution in [-0.4, -0.2) is 23.2 Å². The molecule has 3 nitrogen and oxygen atoms in total. The van der Waals surface area contributed by atoms with Gasteiger partial charge < -0.3 is 10.5 Å². The van der Waals surface area contributed by atoms with E-state index in [0.29, 0.717) is 24.2 Å². The molecule has 0 aliphatic heterocycles. The van der Waals surface area contributed by atoms with E-state index < -0.39 is 0 Å². The standard InChI is InChI=1S/C22H35NO2/c1-21-11-9-17-15(16(21)7-5-14(21)4-3-13-24)6-8-18-20(23)19(25)10-12-22(17,18)2/h14-18,23-24H,3-13H2,1-2H3/t14-,15-,16-,17-,18?,21+,22+/m0/s1. The zero-order valence-electron chi connectivity index (χ0n) is 16.0. The van der Waals surface area contributed by atoms with Crippen LogP contribution in [0.25, 0.3) is 0 Å². The second kappa shape index (κ2) is 6.18. The van der Waals surface area contributed by atoms with E-state index in [1.54, 1.807) is 0 Å². The molecule has 7 atom stereocenters. The topological polar surface area (TPSA) is 61.2 Å². The molecule has 0 radical (unpaired) electrons. The number of ketones is 1. The molecule has 0 bridgehead atoms. The smallest absolute Gasteiger partial charge is 0.176 e. The van der Waals surface area contributed by atoms with Crippen molar-refractivity contribution in [1.29, 1.82) is 5.41 Å². The van der Waals surface area contributed by atoms with E-state index in [2.05, 4.69) is 13.8 Å². The second-order valence-corrected chi connectivity index (χ2v) is 10.0. The highest BCUT2D eigenvalue weighted by atomic mass is 16.2. The van der Waals surface area contributed by atoms with Crippen LogP contribution in [0.1, 0.15) is 78.1 Å². The van der Waals surface area contributed by atoms with Gasteiger partial charge in [-0.2, -0.15) is 0 Å². The van der Waals surface area contributed by atoms with Crippen molar-refractivity contribution in [2.24, 2.45) is 40.4 Å². The summed E-state index contributed by atoms with van der Waals surface area (Å²) in [6.07, 6.45) is 11.4. The van der Waals surface area contributed by atoms with E-state index in [9.17, 15) is 9.90 Å². The SMILES string of the molecule is C[C@]12CC[C@H]3[C@@H](CCC4C(=N)C(=O)CC[C@@]43C)[C@@H]1CC[C@@H]2CCCO. The van der Waals surface area contributed by atoms with Gasteiger partial charge in [0.25, 0.3) is 0 Å². The van der Waals surface area contributed by atoms with Crippen LogP contribution in [0.5, 0.6) is 0 Å². The number of hydrogen-bond acceptors (Lipinski definition) is 3. The van der Waals surface area contributed by atoms with Gasteiger partial charge in [-0.25, -0.2) is 0 Å². The number of fused-ring (bicyclic) bond motifs is 5. The molecule has 140 valence electrons. The van der Waals surface area contributed by atoms with Gasteiger partial charge in [-0.05, 0) is 92.3 Å². The van der Waals surface area contributed by atoms with Gasteiger partial charge in [0.05, 0.1) is 5.71 Å². The Hall–Kier alpha value is -0.700. The number of aliphatic hydroxyl groups excluding tert-OH is 1. The first-order valence-corrected chi connectivity index (χ1v) is 10.6. The van der Waals surface area contributed by atoms with Gasteiger partial charge in [0, 0.05) is 18.9 Å². The summed E-state index contributed by atoms with van der Waals surface area (Å²) in [7, 11) is 0. The Morgan fingerprint density at radius 1 is 1.04 bits per heavy atom. The summed E-state index contributed by atoms with van der Waals surface area (Å²) < 4.78 is 0. The molecule has 0 aromatic carbocycles. The average Bonchev–Trinajstić information content (AvgIpc) is 2.93. The van der Waals surface area contributed by atoms with Crippen molar-refractivity contribution in [2.45, 2.75) is 78.1 Å². The van der Waals surface area contributed by atoms with E-state index in [1.165, 1.54) is 38.5 Å². The van der Waals surface area contributed by atoms with Crippen LogP contribution in [0.2, 0.25) is 0 Å². The molecule has 0 saturated heterocycles. The predicted molar refractivity (Wildman–Crippen MR) is 99.7 cm³/mol. The lowest BCUT2D eigenvalue weighted by Crippen LogP contribution is -2.56. The lowest BCUT2D eigenvalue weighted by molar-refractivity contribution is -0.122. The van der Waals surface area contributed by atoms with Crippen molar-refractivity contribution in [3.8, 4) is 0 Å². The molecule has 3 heteroatoms. The normalized spacial score (nSPS) is 49.5. The van der Waals surface area contributed by atoms with Crippen LogP contribution in [-0.2, 0) is 4.79 Å². The summed E-state index contributed by atoms with van der Waals surface area (Å²) in [5.41, 5.74) is 1.11. The number of hydrogen-bond donors (Lipinski definition) is 2. The fourth-order valence-corrected chi connectivity index (χ4v) is 7.92. The van der Waals surface area contributed by atoms with Crippen LogP contribution in [0, 0.1) is 45.8 Å². The Balaban J connectivity index is 1.58. The summed E-state index contributed by atoms with van der Waals surface area (Å²) in [6.45, 7) is 5.29. The van der Waals surface area contributed by atoms with Crippen molar-refractivity contribution in [3.05, 3.63) is 0 Å². The Bertz CT molecular complexity index is 572. The van der Waals surface area contributed by atoms with Crippen LogP contribution in [0.4, 0.5) is 0 Å². The highest BCUT2D eigenvalue weighted by Gasteiger charge is 2.60. The lowest BCUT2D eigenvalue weighted by atomic mass is 9.44. The Kier molecular flexibility index (Phi) is 4.38. The molecule has 0 heterocycles. The lowest BCUT2D eigenvalue weighted by Gasteiger charge is -2.60. The Labute approximate surface area is 152 Å². The molecule has 0 aromatic rings. The van der Waals surface area contributed by atoms with Crippen LogP contribution < -0.4 is 0 Å². The third-order valence-electron chi connectivity index (χ3n) is 9.32. The molecule has 4 fully saturated rings. The van der Waals surface area contributed by atoms with E-state index >= 15 is 0 Å². The first kappa shape index (κ1) is 17.7. The maximum absolute atomic E-state index is 12.1. The third-order valence-corrected chi connectivity index (χ3v) is 9.32. The number of Topliss-reactive ketones (excluding diaryl/α,β-unsaturated/α-hetero) is 1. The molecule has 2 N–H and O–H groups in total. The average molecular weight is 346 g/mol. The quantitative estimate of drug-likeness (QED) is 0.784. The molecule has 0 spiro atoms. The maximum atomic E-state index is 12.1. The number of carbonyl (C=O) groups excluding carboxylic acids is 1. The molecule has 4 aliphatic carbocycles. The molecule has 0 aromatic heterocycles. The van der Waals surface area contributed by atoms with E-state index in [4.69, 9.17) is 5.41 Å². The van der Waals surface area contributed by atoms with Crippen molar-refractivity contribution >= 4 is 11.5 Å². The third kappa shape index (κ3) is 2.48. The van der Waals surface area contributed by atoms with Crippen molar-refractivity contribution in [1.82, 2.24) is 0 Å². The molecule has 25 heavy (non-hydrogen) atoms. The van der Waals surface area contributed by atoms with Gasteiger partial charge in [-0.3, -0.25) is 4.79 Å². The van der Waals surface area contributed by atoms with Crippen LogP contribution in [0.3, 0.4) is 0 Å².